The van der Waals surface area contributed by atoms with Gasteiger partial charge >= 0.3 is 0 Å². The topological polar surface area (TPSA) is 97.5 Å². The summed E-state index contributed by atoms with van der Waals surface area (Å²) in [5.74, 6) is 0.969. The minimum Gasteiger partial charge on any atom is -0.483 e. The van der Waals surface area contributed by atoms with Crippen LogP contribution in [0.25, 0.3) is 22.7 Å². The molecule has 0 aliphatic rings. The Morgan fingerprint density at radius 3 is 2.69 bits per heavy atom. The highest BCUT2D eigenvalue weighted by molar-refractivity contribution is 9.10. The number of amides is 1. The molecule has 32 heavy (non-hydrogen) atoms. The Morgan fingerprint density at radius 1 is 1.16 bits per heavy atom. The largest absolute Gasteiger partial charge is 0.483 e. The molecule has 8 heteroatoms. The fraction of sp³-hybridized carbons (Fsp3) is 0.208. The molecule has 0 bridgehead atoms. The molecule has 2 heterocycles. The Bertz CT molecular complexity index is 1290. The van der Waals surface area contributed by atoms with Crippen molar-refractivity contribution >= 4 is 38.8 Å². The van der Waals surface area contributed by atoms with Crippen LogP contribution in [0.5, 0.6) is 5.75 Å². The highest BCUT2D eigenvalue weighted by Crippen LogP contribution is 2.34. The molecule has 0 saturated carbocycles. The van der Waals surface area contributed by atoms with Gasteiger partial charge in [0.2, 0.25) is 5.89 Å². The number of rotatable bonds is 6. The van der Waals surface area contributed by atoms with E-state index in [2.05, 4.69) is 31.2 Å². The van der Waals surface area contributed by atoms with E-state index in [1.54, 1.807) is 38.1 Å². The van der Waals surface area contributed by atoms with Crippen molar-refractivity contribution in [3.05, 3.63) is 70.2 Å². The van der Waals surface area contributed by atoms with E-state index in [-0.39, 0.29) is 18.4 Å². The lowest BCUT2D eigenvalue weighted by molar-refractivity contribution is -0.118. The van der Waals surface area contributed by atoms with Crippen LogP contribution in [0, 0.1) is 6.92 Å². The Balaban J connectivity index is 1.55. The maximum Gasteiger partial charge on any atom is 0.263 e. The number of nitrogens with one attached hydrogen (secondary N) is 1. The summed E-state index contributed by atoms with van der Waals surface area (Å²) in [5, 5.41) is 13.2. The summed E-state index contributed by atoms with van der Waals surface area (Å²) in [6.45, 7) is 5.15. The van der Waals surface area contributed by atoms with E-state index in [9.17, 15) is 9.90 Å². The molecule has 0 radical (unpaired) electrons. The quantitative estimate of drug-likeness (QED) is 0.381. The zero-order valence-electron chi connectivity index (χ0n) is 17.8. The van der Waals surface area contributed by atoms with E-state index < -0.39 is 5.60 Å². The van der Waals surface area contributed by atoms with Crippen LogP contribution in [-0.2, 0) is 10.4 Å². The molecule has 4 rings (SSSR count). The molecule has 2 N–H and O–H groups in total. The number of nitrogens with zero attached hydrogens (tertiary/aromatic N) is 2. The highest BCUT2D eigenvalue weighted by atomic mass is 79.9. The maximum absolute atomic E-state index is 12.3. The van der Waals surface area contributed by atoms with E-state index in [0.717, 1.165) is 10.0 Å². The first-order valence-corrected chi connectivity index (χ1v) is 10.8. The molecule has 2 aromatic carbocycles. The van der Waals surface area contributed by atoms with E-state index in [1.807, 2.05) is 37.3 Å². The summed E-state index contributed by atoms with van der Waals surface area (Å²) in [6.07, 6.45) is 0. The van der Waals surface area contributed by atoms with Crippen molar-refractivity contribution in [1.82, 2.24) is 9.97 Å². The monoisotopic (exact) mass is 495 g/mol. The lowest BCUT2D eigenvalue weighted by atomic mass is 9.98. The number of halogens is 1. The van der Waals surface area contributed by atoms with Crippen molar-refractivity contribution in [3.8, 4) is 17.3 Å². The fourth-order valence-corrected chi connectivity index (χ4v) is 3.67. The molecule has 0 spiro atoms. The first-order valence-electron chi connectivity index (χ1n) is 9.99. The summed E-state index contributed by atoms with van der Waals surface area (Å²) in [5.41, 5.74) is 1.98. The van der Waals surface area contributed by atoms with Gasteiger partial charge in [-0.25, -0.2) is 9.97 Å². The molecule has 164 valence electrons. The van der Waals surface area contributed by atoms with Gasteiger partial charge in [0.1, 0.15) is 22.8 Å². The lowest BCUT2D eigenvalue weighted by Crippen LogP contribution is -2.21. The van der Waals surface area contributed by atoms with E-state index in [1.165, 1.54) is 0 Å². The van der Waals surface area contributed by atoms with Gasteiger partial charge in [-0.05, 0) is 56.7 Å². The highest BCUT2D eigenvalue weighted by Gasteiger charge is 2.24. The van der Waals surface area contributed by atoms with Gasteiger partial charge in [-0.2, -0.15) is 0 Å². The Hall–Kier alpha value is -3.23. The number of aromatic nitrogens is 2. The lowest BCUT2D eigenvalue weighted by Gasteiger charge is -2.17. The minimum absolute atomic E-state index is 0.136. The molecular weight excluding hydrogens is 474 g/mol. The standard InChI is InChI=1S/C24H22BrN3O4/c1-14-7-4-5-9-19(14)31-13-21(29)28-20-10-6-8-17(26-20)23-27-18-12-15(25)11-16(22(18)32-23)24(2,3)30/h4-12,30H,13H2,1-3H3,(H,26,28,29). The zero-order chi connectivity index (χ0) is 22.9. The summed E-state index contributed by atoms with van der Waals surface area (Å²) in [7, 11) is 0. The molecule has 0 unspecified atom stereocenters. The van der Waals surface area contributed by atoms with Gasteiger partial charge in [-0.15, -0.1) is 0 Å². The Kier molecular flexibility index (Phi) is 5.99. The number of oxazole rings is 1. The number of carbonyl (C=O) groups excluding carboxylic acids is 1. The Morgan fingerprint density at radius 2 is 1.94 bits per heavy atom. The molecule has 7 nitrogen and oxygen atoms in total. The number of aliphatic hydroxyl groups is 1. The molecule has 0 aliphatic carbocycles. The third-order valence-corrected chi connectivity index (χ3v) is 5.26. The third kappa shape index (κ3) is 4.81. The van der Waals surface area contributed by atoms with Crippen molar-refractivity contribution in [2.45, 2.75) is 26.4 Å². The van der Waals surface area contributed by atoms with Gasteiger partial charge in [0.25, 0.3) is 5.91 Å². The smallest absolute Gasteiger partial charge is 0.263 e. The first kappa shape index (κ1) is 22.0. The van der Waals surface area contributed by atoms with Crippen LogP contribution in [0.4, 0.5) is 5.82 Å². The van der Waals surface area contributed by atoms with E-state index in [0.29, 0.717) is 33.9 Å². The molecule has 0 fully saturated rings. The summed E-state index contributed by atoms with van der Waals surface area (Å²) in [4.78, 5) is 21.3. The third-order valence-electron chi connectivity index (χ3n) is 4.80. The van der Waals surface area contributed by atoms with Crippen LogP contribution < -0.4 is 10.1 Å². The van der Waals surface area contributed by atoms with Crippen molar-refractivity contribution in [2.75, 3.05) is 11.9 Å². The second-order valence-electron chi connectivity index (χ2n) is 7.89. The van der Waals surface area contributed by atoms with Crippen molar-refractivity contribution in [3.63, 3.8) is 0 Å². The van der Waals surface area contributed by atoms with Crippen LogP contribution in [0.3, 0.4) is 0 Å². The van der Waals surface area contributed by atoms with E-state index >= 15 is 0 Å². The molecule has 1 amide bonds. The van der Waals surface area contributed by atoms with Crippen LogP contribution >= 0.6 is 15.9 Å². The number of carbonyl (C=O) groups is 1. The molecular formula is C24H22BrN3O4. The number of hydrogen-bond acceptors (Lipinski definition) is 6. The van der Waals surface area contributed by atoms with Crippen LogP contribution in [-0.4, -0.2) is 27.6 Å². The predicted molar refractivity (Wildman–Crippen MR) is 125 cm³/mol. The van der Waals surface area contributed by atoms with Gasteiger partial charge in [0.05, 0.1) is 5.60 Å². The van der Waals surface area contributed by atoms with Crippen molar-refractivity contribution in [2.24, 2.45) is 0 Å². The maximum atomic E-state index is 12.3. The second kappa shape index (κ2) is 8.72. The van der Waals surface area contributed by atoms with Gasteiger partial charge in [0, 0.05) is 10.0 Å². The summed E-state index contributed by atoms with van der Waals surface area (Å²) < 4.78 is 12.3. The second-order valence-corrected chi connectivity index (χ2v) is 8.81. The number of fused-ring (bicyclic) bond motifs is 1. The van der Waals surface area contributed by atoms with Crippen LogP contribution in [0.2, 0.25) is 0 Å². The van der Waals surface area contributed by atoms with Crippen molar-refractivity contribution in [1.29, 1.82) is 0 Å². The zero-order valence-corrected chi connectivity index (χ0v) is 19.4. The number of benzene rings is 2. The van der Waals surface area contributed by atoms with Gasteiger partial charge in [-0.3, -0.25) is 4.79 Å². The number of aryl methyl sites for hydroxylation is 1. The van der Waals surface area contributed by atoms with Gasteiger partial charge < -0.3 is 19.6 Å². The number of para-hydroxylation sites is 1. The van der Waals surface area contributed by atoms with E-state index in [4.69, 9.17) is 9.15 Å². The SMILES string of the molecule is Cc1ccccc1OCC(=O)Nc1cccc(-c2nc3cc(Br)cc(C(C)(C)O)c3o2)n1. The van der Waals surface area contributed by atoms with Crippen LogP contribution in [0.1, 0.15) is 25.0 Å². The average Bonchev–Trinajstić information content (AvgIpc) is 3.16. The fourth-order valence-electron chi connectivity index (χ4n) is 3.23. The molecule has 2 aromatic heterocycles. The minimum atomic E-state index is -1.11. The number of hydrogen-bond donors (Lipinski definition) is 2. The van der Waals surface area contributed by atoms with Gasteiger partial charge in [0.15, 0.2) is 12.2 Å². The summed E-state index contributed by atoms with van der Waals surface area (Å²) in [6, 6.07) is 16.3. The number of pyridine rings is 1. The Labute approximate surface area is 193 Å². The predicted octanol–water partition coefficient (Wildman–Crippen LogP) is 5.21. The molecule has 4 aromatic rings. The normalized spacial score (nSPS) is 11.5. The number of ether oxygens (including phenoxy) is 1. The molecule has 0 atom stereocenters. The summed E-state index contributed by atoms with van der Waals surface area (Å²) >= 11 is 3.45. The first-order chi connectivity index (χ1) is 15.2. The average molecular weight is 496 g/mol. The number of anilines is 1. The molecule has 0 aliphatic heterocycles. The van der Waals surface area contributed by atoms with Crippen LogP contribution in [0.15, 0.2) is 63.5 Å². The molecule has 0 saturated heterocycles. The van der Waals surface area contributed by atoms with Crippen molar-refractivity contribution < 1.29 is 19.1 Å². The van der Waals surface area contributed by atoms with Gasteiger partial charge in [-0.1, -0.05) is 40.2 Å².